The van der Waals surface area contributed by atoms with Gasteiger partial charge < -0.3 is 9.84 Å². The quantitative estimate of drug-likeness (QED) is 0.295. The molecule has 1 atom stereocenters. The van der Waals surface area contributed by atoms with Crippen molar-refractivity contribution in [2.24, 2.45) is 0 Å². The Bertz CT molecular complexity index is 1290. The second kappa shape index (κ2) is 9.14. The summed E-state index contributed by atoms with van der Waals surface area (Å²) in [6, 6.07) is 17.0. The highest BCUT2D eigenvalue weighted by Crippen LogP contribution is 2.42. The van der Waals surface area contributed by atoms with Gasteiger partial charge in [0, 0.05) is 11.3 Å². The molecule has 174 valence electrons. The van der Waals surface area contributed by atoms with E-state index in [0.29, 0.717) is 22.6 Å². The Morgan fingerprint density at radius 3 is 2.32 bits per heavy atom. The van der Waals surface area contributed by atoms with Gasteiger partial charge in [-0.2, -0.15) is 0 Å². The summed E-state index contributed by atoms with van der Waals surface area (Å²) in [5.74, 6) is -1.61. The van der Waals surface area contributed by atoms with Crippen LogP contribution in [-0.4, -0.2) is 22.9 Å². The van der Waals surface area contributed by atoms with E-state index in [1.807, 2.05) is 33.8 Å². The molecule has 1 aliphatic heterocycles. The third kappa shape index (κ3) is 4.31. The van der Waals surface area contributed by atoms with Crippen molar-refractivity contribution in [1.29, 1.82) is 0 Å². The van der Waals surface area contributed by atoms with Crippen LogP contribution in [0.25, 0.3) is 5.76 Å². The highest BCUT2D eigenvalue weighted by molar-refractivity contribution is 6.51. The van der Waals surface area contributed by atoms with Gasteiger partial charge in [0.05, 0.1) is 17.7 Å². The molecule has 34 heavy (non-hydrogen) atoms. The molecule has 1 saturated heterocycles. The number of aryl methyl sites for hydroxylation is 2. The van der Waals surface area contributed by atoms with E-state index in [1.165, 1.54) is 29.2 Å². The van der Waals surface area contributed by atoms with Crippen molar-refractivity contribution >= 4 is 23.1 Å². The summed E-state index contributed by atoms with van der Waals surface area (Å²) in [6.45, 7) is 7.57. The predicted molar refractivity (Wildman–Crippen MR) is 129 cm³/mol. The van der Waals surface area contributed by atoms with Crippen LogP contribution in [0.15, 0.2) is 72.3 Å². The molecule has 0 saturated carbocycles. The topological polar surface area (TPSA) is 66.8 Å². The minimum Gasteiger partial charge on any atom is -0.507 e. The van der Waals surface area contributed by atoms with Crippen LogP contribution in [0.5, 0.6) is 5.75 Å². The van der Waals surface area contributed by atoms with Gasteiger partial charge in [-0.05, 0) is 86.8 Å². The van der Waals surface area contributed by atoms with Crippen molar-refractivity contribution in [3.63, 3.8) is 0 Å². The predicted octanol–water partition coefficient (Wildman–Crippen LogP) is 5.86. The Morgan fingerprint density at radius 2 is 1.71 bits per heavy atom. The first kappa shape index (κ1) is 23.2. The zero-order valence-corrected chi connectivity index (χ0v) is 19.5. The van der Waals surface area contributed by atoms with Crippen molar-refractivity contribution in [1.82, 2.24) is 0 Å². The lowest BCUT2D eigenvalue weighted by Gasteiger charge is -2.25. The molecule has 0 radical (unpaired) electrons. The summed E-state index contributed by atoms with van der Waals surface area (Å²) >= 11 is 0. The molecule has 0 bridgehead atoms. The smallest absolute Gasteiger partial charge is 0.300 e. The van der Waals surface area contributed by atoms with E-state index in [1.54, 1.807) is 36.4 Å². The fraction of sp³-hybridized carbons (Fsp3) is 0.214. The Balaban J connectivity index is 1.89. The number of Topliss-reactive ketones (excluding diaryl/α,β-unsaturated/α-hetero) is 1. The molecule has 4 rings (SSSR count). The van der Waals surface area contributed by atoms with Gasteiger partial charge in [0.1, 0.15) is 17.3 Å². The highest BCUT2D eigenvalue weighted by atomic mass is 19.1. The van der Waals surface area contributed by atoms with Gasteiger partial charge in [0.2, 0.25) is 0 Å². The third-order valence-corrected chi connectivity index (χ3v) is 5.72. The van der Waals surface area contributed by atoms with Crippen LogP contribution in [0, 0.1) is 19.7 Å². The number of halogens is 1. The summed E-state index contributed by atoms with van der Waals surface area (Å²) in [7, 11) is 0. The number of hydrogen-bond acceptors (Lipinski definition) is 4. The second-order valence-corrected chi connectivity index (χ2v) is 8.71. The van der Waals surface area contributed by atoms with Crippen LogP contribution in [0.2, 0.25) is 0 Å². The number of benzene rings is 3. The number of rotatable bonds is 5. The number of anilines is 1. The standard InChI is InChI=1S/C28H26FNO4/c1-16(2)34-23-13-10-20(15-18(23)4)26(31)24-25(19-8-11-21(29)12-9-19)30(28(33)27(24)32)22-7-5-6-17(3)14-22/h5-16,25,31H,1-4H3/b26-24-. The Hall–Kier alpha value is -3.93. The van der Waals surface area contributed by atoms with Crippen molar-refractivity contribution in [3.8, 4) is 5.75 Å². The summed E-state index contributed by atoms with van der Waals surface area (Å²) < 4.78 is 19.4. The largest absolute Gasteiger partial charge is 0.507 e. The van der Waals surface area contributed by atoms with E-state index in [2.05, 4.69) is 0 Å². The van der Waals surface area contributed by atoms with E-state index in [0.717, 1.165) is 11.1 Å². The number of aliphatic hydroxyl groups excluding tert-OH is 1. The first-order chi connectivity index (χ1) is 16.2. The molecular formula is C28H26FNO4. The Kier molecular flexibility index (Phi) is 6.24. The number of carbonyl (C=O) groups excluding carboxylic acids is 2. The average Bonchev–Trinajstić information content (AvgIpc) is 3.05. The van der Waals surface area contributed by atoms with Crippen molar-refractivity contribution in [2.75, 3.05) is 4.90 Å². The maximum Gasteiger partial charge on any atom is 0.300 e. The Morgan fingerprint density at radius 1 is 1.00 bits per heavy atom. The molecule has 5 nitrogen and oxygen atoms in total. The first-order valence-corrected chi connectivity index (χ1v) is 11.1. The maximum atomic E-state index is 13.7. The lowest BCUT2D eigenvalue weighted by Crippen LogP contribution is -2.29. The van der Waals surface area contributed by atoms with Gasteiger partial charge in [-0.25, -0.2) is 4.39 Å². The number of ether oxygens (including phenoxy) is 1. The van der Waals surface area contributed by atoms with Gasteiger partial charge in [-0.15, -0.1) is 0 Å². The fourth-order valence-corrected chi connectivity index (χ4v) is 4.18. The van der Waals surface area contributed by atoms with Crippen LogP contribution in [0.3, 0.4) is 0 Å². The fourth-order valence-electron chi connectivity index (χ4n) is 4.18. The van der Waals surface area contributed by atoms with E-state index in [9.17, 15) is 19.1 Å². The molecule has 0 aromatic heterocycles. The van der Waals surface area contributed by atoms with Gasteiger partial charge in [-0.3, -0.25) is 14.5 Å². The number of aliphatic hydroxyl groups is 1. The number of ketones is 1. The molecule has 6 heteroatoms. The van der Waals surface area contributed by atoms with Crippen LogP contribution in [0.4, 0.5) is 10.1 Å². The molecule has 3 aromatic carbocycles. The lowest BCUT2D eigenvalue weighted by atomic mass is 9.94. The number of nitrogens with zero attached hydrogens (tertiary/aromatic N) is 1. The molecule has 1 heterocycles. The van der Waals surface area contributed by atoms with E-state index in [4.69, 9.17) is 4.74 Å². The van der Waals surface area contributed by atoms with Gasteiger partial charge in [0.25, 0.3) is 11.7 Å². The summed E-state index contributed by atoms with van der Waals surface area (Å²) in [5.41, 5.74) is 3.07. The zero-order chi connectivity index (χ0) is 24.6. The monoisotopic (exact) mass is 459 g/mol. The molecule has 1 amide bonds. The molecular weight excluding hydrogens is 433 g/mol. The van der Waals surface area contributed by atoms with Gasteiger partial charge in [-0.1, -0.05) is 24.3 Å². The third-order valence-electron chi connectivity index (χ3n) is 5.72. The number of amides is 1. The first-order valence-electron chi connectivity index (χ1n) is 11.1. The van der Waals surface area contributed by atoms with Gasteiger partial charge in [0.15, 0.2) is 0 Å². The van der Waals surface area contributed by atoms with Gasteiger partial charge >= 0.3 is 0 Å². The van der Waals surface area contributed by atoms with E-state index < -0.39 is 23.5 Å². The summed E-state index contributed by atoms with van der Waals surface area (Å²) in [5, 5.41) is 11.3. The Labute approximate surface area is 198 Å². The molecule has 0 spiro atoms. The zero-order valence-electron chi connectivity index (χ0n) is 19.5. The van der Waals surface area contributed by atoms with Crippen molar-refractivity contribution in [3.05, 3.63) is 100 Å². The van der Waals surface area contributed by atoms with Crippen molar-refractivity contribution in [2.45, 2.75) is 39.8 Å². The van der Waals surface area contributed by atoms with Crippen LogP contribution in [-0.2, 0) is 9.59 Å². The number of carbonyl (C=O) groups is 2. The summed E-state index contributed by atoms with van der Waals surface area (Å²) in [4.78, 5) is 27.8. The minimum atomic E-state index is -0.908. The minimum absolute atomic E-state index is 0.0173. The molecule has 1 unspecified atom stereocenters. The lowest BCUT2D eigenvalue weighted by molar-refractivity contribution is -0.132. The van der Waals surface area contributed by atoms with Crippen LogP contribution >= 0.6 is 0 Å². The van der Waals surface area contributed by atoms with Crippen LogP contribution in [0.1, 0.15) is 42.1 Å². The van der Waals surface area contributed by atoms with Crippen molar-refractivity contribution < 1.29 is 23.8 Å². The van der Waals surface area contributed by atoms with Crippen LogP contribution < -0.4 is 9.64 Å². The second-order valence-electron chi connectivity index (χ2n) is 8.71. The highest BCUT2D eigenvalue weighted by Gasteiger charge is 2.47. The maximum absolute atomic E-state index is 13.7. The molecule has 0 aliphatic carbocycles. The SMILES string of the molecule is Cc1cccc(N2C(=O)C(=O)/C(=C(\O)c3ccc(OC(C)C)c(C)c3)C2c2ccc(F)cc2)c1. The molecule has 1 fully saturated rings. The molecule has 1 aliphatic rings. The molecule has 3 aromatic rings. The summed E-state index contributed by atoms with van der Waals surface area (Å²) in [6.07, 6.45) is -0.0173. The van der Waals surface area contributed by atoms with E-state index >= 15 is 0 Å². The number of hydrogen-bond donors (Lipinski definition) is 1. The average molecular weight is 460 g/mol. The van der Waals surface area contributed by atoms with E-state index in [-0.39, 0.29) is 17.4 Å². The molecule has 1 N–H and O–H groups in total. The normalized spacial score (nSPS) is 17.5.